The van der Waals surface area contributed by atoms with Gasteiger partial charge in [-0.3, -0.25) is 0 Å². The Morgan fingerprint density at radius 1 is 1.46 bits per heavy atom. The minimum atomic E-state index is -0.864. The van der Waals surface area contributed by atoms with Crippen LogP contribution in [0, 0.1) is 0 Å². The summed E-state index contributed by atoms with van der Waals surface area (Å²) >= 11 is -0.0764. The molecule has 0 amide bonds. The molecule has 0 unspecified atom stereocenters. The fraction of sp³-hybridized carbons (Fsp3) is 0.100. The van der Waals surface area contributed by atoms with Crippen molar-refractivity contribution in [2.24, 2.45) is 0 Å². The number of carbonyl (C=O) groups is 1. The molecule has 0 fully saturated rings. The van der Waals surface area contributed by atoms with Crippen molar-refractivity contribution < 1.29 is 9.90 Å². The normalized spacial score (nSPS) is 10.5. The summed E-state index contributed by atoms with van der Waals surface area (Å²) in [7, 11) is 0. The van der Waals surface area contributed by atoms with Crippen molar-refractivity contribution >= 4 is 33.0 Å². The molecule has 3 heteroatoms. The molecule has 0 radical (unpaired) electrons. The molecule has 0 saturated carbocycles. The molecule has 0 atom stereocenters. The molecular formula is C10H10O2Te. The van der Waals surface area contributed by atoms with Crippen LogP contribution in [-0.2, 0) is 0 Å². The monoisotopic (exact) mass is 292 g/mol. The molecule has 0 aliphatic rings. The van der Waals surface area contributed by atoms with E-state index >= 15 is 0 Å². The Labute approximate surface area is 87.4 Å². The summed E-state index contributed by atoms with van der Waals surface area (Å²) < 4.78 is 2.08. The summed E-state index contributed by atoms with van der Waals surface area (Å²) in [5.41, 5.74) is 1.17. The Balaban J connectivity index is 3.05. The summed E-state index contributed by atoms with van der Waals surface area (Å²) in [6.45, 7) is 0. The number of carboxylic acid groups (broad SMARTS) is 1. The molecular weight excluding hydrogens is 280 g/mol. The predicted octanol–water partition coefficient (Wildman–Crippen LogP) is 2.11. The zero-order valence-electron chi connectivity index (χ0n) is 7.23. The Kier molecular flexibility index (Phi) is 4.01. The van der Waals surface area contributed by atoms with Crippen LogP contribution in [-0.4, -0.2) is 32.0 Å². The standard InChI is InChI=1S/C10H10O2Te/c1-13-7-6-8-4-2-3-5-9(8)10(11)12/h2-7H,1H3,(H,11,12)/b7-6+. The van der Waals surface area contributed by atoms with Gasteiger partial charge in [-0.2, -0.15) is 0 Å². The Morgan fingerprint density at radius 3 is 2.77 bits per heavy atom. The molecule has 0 heterocycles. The third-order valence-corrected chi connectivity index (χ3v) is 2.74. The van der Waals surface area contributed by atoms with Crippen molar-refractivity contribution in [3.8, 4) is 0 Å². The number of benzene rings is 1. The van der Waals surface area contributed by atoms with E-state index in [9.17, 15) is 4.79 Å². The first-order valence-corrected chi connectivity index (χ1v) is 7.45. The van der Waals surface area contributed by atoms with Crippen molar-refractivity contribution in [3.63, 3.8) is 0 Å². The van der Waals surface area contributed by atoms with Gasteiger partial charge in [0.15, 0.2) is 0 Å². The van der Waals surface area contributed by atoms with Crippen LogP contribution in [0.15, 0.2) is 28.4 Å². The van der Waals surface area contributed by atoms with Crippen LogP contribution in [0.4, 0.5) is 0 Å². The molecule has 0 saturated heterocycles. The van der Waals surface area contributed by atoms with E-state index in [1.165, 1.54) is 0 Å². The second-order valence-corrected chi connectivity index (χ2v) is 4.55. The fourth-order valence-corrected chi connectivity index (χ4v) is 1.79. The summed E-state index contributed by atoms with van der Waals surface area (Å²) in [6.07, 6.45) is 1.89. The first kappa shape index (κ1) is 10.3. The molecule has 0 bridgehead atoms. The molecule has 0 aliphatic heterocycles. The summed E-state index contributed by atoms with van der Waals surface area (Å²) in [4.78, 5) is 12.9. The van der Waals surface area contributed by atoms with E-state index in [-0.39, 0.29) is 20.9 Å². The topological polar surface area (TPSA) is 37.3 Å². The van der Waals surface area contributed by atoms with Crippen LogP contribution >= 0.6 is 0 Å². The van der Waals surface area contributed by atoms with Crippen LogP contribution in [0.1, 0.15) is 15.9 Å². The molecule has 1 N–H and O–H groups in total. The van der Waals surface area contributed by atoms with Gasteiger partial charge in [-0.25, -0.2) is 0 Å². The van der Waals surface area contributed by atoms with E-state index in [1.54, 1.807) is 12.1 Å². The quantitative estimate of drug-likeness (QED) is 0.866. The Bertz CT molecular complexity index is 331. The van der Waals surface area contributed by atoms with Gasteiger partial charge in [0, 0.05) is 0 Å². The van der Waals surface area contributed by atoms with Gasteiger partial charge in [0.05, 0.1) is 0 Å². The number of rotatable bonds is 3. The van der Waals surface area contributed by atoms with E-state index in [0.29, 0.717) is 5.56 Å². The van der Waals surface area contributed by atoms with E-state index < -0.39 is 5.97 Å². The minimum absolute atomic E-state index is 0.0764. The summed E-state index contributed by atoms with van der Waals surface area (Å²) in [5, 5.41) is 8.84. The first-order valence-electron chi connectivity index (χ1n) is 3.77. The second kappa shape index (κ2) is 5.06. The van der Waals surface area contributed by atoms with Crippen molar-refractivity contribution in [3.05, 3.63) is 39.5 Å². The maximum atomic E-state index is 10.8. The van der Waals surface area contributed by atoms with Gasteiger partial charge in [0.2, 0.25) is 0 Å². The van der Waals surface area contributed by atoms with Crippen LogP contribution in [0.5, 0.6) is 0 Å². The Hall–Kier alpha value is -0.780. The van der Waals surface area contributed by atoms with Gasteiger partial charge in [0.25, 0.3) is 0 Å². The molecule has 0 aromatic heterocycles. The van der Waals surface area contributed by atoms with Crippen LogP contribution in [0.3, 0.4) is 0 Å². The van der Waals surface area contributed by atoms with Crippen molar-refractivity contribution in [2.75, 3.05) is 0 Å². The number of carboxylic acids is 1. The van der Waals surface area contributed by atoms with Crippen molar-refractivity contribution in [1.29, 1.82) is 0 Å². The maximum absolute atomic E-state index is 10.8. The molecule has 13 heavy (non-hydrogen) atoms. The summed E-state index contributed by atoms with van der Waals surface area (Å²) in [6, 6.07) is 7.03. The van der Waals surface area contributed by atoms with E-state index in [2.05, 4.69) is 9.10 Å². The van der Waals surface area contributed by atoms with Gasteiger partial charge in [-0.1, -0.05) is 0 Å². The van der Waals surface area contributed by atoms with Crippen LogP contribution in [0.2, 0.25) is 4.97 Å². The van der Waals surface area contributed by atoms with E-state index in [1.807, 2.05) is 18.2 Å². The van der Waals surface area contributed by atoms with Crippen molar-refractivity contribution in [2.45, 2.75) is 4.97 Å². The zero-order chi connectivity index (χ0) is 9.68. The number of hydrogen-bond acceptors (Lipinski definition) is 1. The SMILES string of the molecule is C[Te]/C=C/c1ccccc1C(=O)O. The van der Waals surface area contributed by atoms with Crippen molar-refractivity contribution in [1.82, 2.24) is 0 Å². The molecule has 1 aromatic carbocycles. The van der Waals surface area contributed by atoms with E-state index in [0.717, 1.165) is 5.56 Å². The molecule has 2 nitrogen and oxygen atoms in total. The van der Waals surface area contributed by atoms with Gasteiger partial charge in [-0.05, 0) is 0 Å². The Morgan fingerprint density at radius 2 is 2.15 bits per heavy atom. The number of hydrogen-bond donors (Lipinski definition) is 1. The first-order chi connectivity index (χ1) is 6.25. The number of aromatic carboxylic acids is 1. The van der Waals surface area contributed by atoms with Crippen LogP contribution in [0.25, 0.3) is 6.08 Å². The zero-order valence-corrected chi connectivity index (χ0v) is 9.56. The van der Waals surface area contributed by atoms with Gasteiger partial charge in [-0.15, -0.1) is 0 Å². The molecule has 1 aromatic rings. The fourth-order valence-electron chi connectivity index (χ4n) is 0.978. The molecule has 1 rings (SSSR count). The predicted molar refractivity (Wildman–Crippen MR) is 54.1 cm³/mol. The third kappa shape index (κ3) is 2.87. The average Bonchev–Trinajstić information content (AvgIpc) is 2.15. The van der Waals surface area contributed by atoms with Gasteiger partial charge >= 0.3 is 87.4 Å². The molecule has 0 spiro atoms. The summed E-state index contributed by atoms with van der Waals surface area (Å²) in [5.74, 6) is -0.864. The third-order valence-electron chi connectivity index (χ3n) is 1.57. The molecule has 0 aliphatic carbocycles. The second-order valence-electron chi connectivity index (χ2n) is 2.43. The van der Waals surface area contributed by atoms with Gasteiger partial charge < -0.3 is 0 Å². The average molecular weight is 290 g/mol. The van der Waals surface area contributed by atoms with E-state index in [4.69, 9.17) is 5.11 Å². The van der Waals surface area contributed by atoms with Crippen LogP contribution < -0.4 is 0 Å². The molecule has 68 valence electrons. The van der Waals surface area contributed by atoms with Gasteiger partial charge in [0.1, 0.15) is 0 Å².